The third-order valence-corrected chi connectivity index (χ3v) is 8.15. The molecule has 1 unspecified atom stereocenters. The van der Waals surface area contributed by atoms with Crippen LogP contribution in [-0.4, -0.2) is 67.5 Å². The average Bonchev–Trinajstić information content (AvgIpc) is 3.25. The first-order valence-corrected chi connectivity index (χ1v) is 13.2. The molecule has 2 aliphatic rings. The number of carbonyl (C=O) groups is 3. The van der Waals surface area contributed by atoms with Gasteiger partial charge in [0.25, 0.3) is 5.91 Å². The van der Waals surface area contributed by atoms with Crippen LogP contribution in [0.25, 0.3) is 0 Å². The fraction of sp³-hybridized carbons (Fsp3) is 0.316. The normalized spacial score (nSPS) is 17.5. The van der Waals surface area contributed by atoms with Crippen molar-refractivity contribution in [2.24, 2.45) is 5.16 Å². The van der Waals surface area contributed by atoms with E-state index < -0.39 is 11.9 Å². The lowest BCUT2D eigenvalue weighted by Crippen LogP contribution is -2.54. The predicted molar refractivity (Wildman–Crippen MR) is 135 cm³/mol. The molecule has 0 aliphatic carbocycles. The summed E-state index contributed by atoms with van der Waals surface area (Å²) in [6.07, 6.45) is 0.330. The number of aliphatic carboxylic acids is 1. The molecule has 36 heavy (non-hydrogen) atoms. The Labute approximate surface area is 216 Å². The van der Waals surface area contributed by atoms with Crippen LogP contribution in [0.1, 0.15) is 12.1 Å². The van der Waals surface area contributed by atoms with Crippen molar-refractivity contribution in [2.45, 2.75) is 23.6 Å². The summed E-state index contributed by atoms with van der Waals surface area (Å²) in [7, 11) is 1.30. The van der Waals surface area contributed by atoms with Gasteiger partial charge in [-0.3, -0.25) is 14.5 Å². The van der Waals surface area contributed by atoms with E-state index in [1.165, 1.54) is 46.2 Å². The maximum atomic E-state index is 12.8. The Morgan fingerprint density at radius 1 is 1.39 bits per heavy atom. The first-order valence-electron chi connectivity index (χ1n) is 10.3. The van der Waals surface area contributed by atoms with E-state index in [0.29, 0.717) is 22.9 Å². The van der Waals surface area contributed by atoms with Crippen LogP contribution < -0.4 is 27.1 Å². The lowest BCUT2D eigenvalue weighted by molar-refractivity contribution is -0.725. The monoisotopic (exact) mass is 552 g/mol. The predicted octanol–water partition coefficient (Wildman–Crippen LogP) is -0.567. The second kappa shape index (κ2) is 10.6. The molecule has 2 aliphatic heterocycles. The number of β-lactam (4-membered cyclic amide) rings is 1. The first-order chi connectivity index (χ1) is 17.2. The van der Waals surface area contributed by atoms with Gasteiger partial charge in [-0.05, 0) is 17.3 Å². The van der Waals surface area contributed by atoms with E-state index in [4.69, 9.17) is 22.0 Å². The van der Waals surface area contributed by atoms with Crippen LogP contribution in [0.4, 0.5) is 16.8 Å². The molecular weight excluding hydrogens is 530 g/mol. The van der Waals surface area contributed by atoms with Crippen molar-refractivity contribution in [3.8, 4) is 0 Å². The van der Waals surface area contributed by atoms with Crippen molar-refractivity contribution in [3.63, 3.8) is 0 Å². The van der Waals surface area contributed by atoms with E-state index in [9.17, 15) is 19.5 Å². The van der Waals surface area contributed by atoms with Gasteiger partial charge in [-0.1, -0.05) is 10.1 Å². The number of thioether (sulfide) groups is 2. The van der Waals surface area contributed by atoms with E-state index in [2.05, 4.69) is 20.4 Å². The summed E-state index contributed by atoms with van der Waals surface area (Å²) < 4.78 is 1.51. The molecule has 8 N–H and O–H groups in total. The zero-order chi connectivity index (χ0) is 26.0. The van der Waals surface area contributed by atoms with E-state index in [-0.39, 0.29) is 57.6 Å². The number of nitrogens with zero attached hydrogens (tertiary/aromatic N) is 5. The molecule has 0 saturated carbocycles. The molecule has 4 rings (SSSR count). The van der Waals surface area contributed by atoms with Gasteiger partial charge in [-0.25, -0.2) is 14.3 Å². The highest BCUT2D eigenvalue weighted by Gasteiger charge is 2.45. The number of rotatable bonds is 9. The Hall–Kier alpha value is -3.57. The van der Waals surface area contributed by atoms with Crippen LogP contribution in [0, 0.1) is 0 Å². The summed E-state index contributed by atoms with van der Waals surface area (Å²) in [5.74, 6) is -0.904. The van der Waals surface area contributed by atoms with Crippen LogP contribution in [-0.2, 0) is 25.9 Å². The van der Waals surface area contributed by atoms with Gasteiger partial charge < -0.3 is 32.5 Å². The number of oxime groups is 1. The summed E-state index contributed by atoms with van der Waals surface area (Å²) in [6, 6.07) is 1.43. The number of amides is 2. The van der Waals surface area contributed by atoms with E-state index in [1.807, 2.05) is 0 Å². The van der Waals surface area contributed by atoms with Gasteiger partial charge in [0.1, 0.15) is 25.2 Å². The molecule has 0 bridgehead atoms. The largest absolute Gasteiger partial charge is 0.477 e. The minimum atomic E-state index is -1.16. The number of aromatic nitrogens is 3. The standard InChI is InChI=1S/C19H21N9O5S3/c1-33-26-14(9-6-35-18(22)24-9)16(30)23-7-27-11(21)2-10(20)25-19(27)36-5-8-4-34-13-3-12(29)28(13)15(8)17(31)32/h2,6,13H,3-5,7H2,1H3,(H7,20,21,22,23,24,30,31,32)/p+1/b26-14-. The zero-order valence-electron chi connectivity index (χ0n) is 18.8. The Bertz CT molecular complexity index is 1300. The Morgan fingerprint density at radius 3 is 2.81 bits per heavy atom. The third kappa shape index (κ3) is 5.17. The molecule has 1 fully saturated rings. The number of carboxylic acids is 1. The number of anilines is 3. The summed E-state index contributed by atoms with van der Waals surface area (Å²) in [5.41, 5.74) is 18.4. The highest BCUT2D eigenvalue weighted by molar-refractivity contribution is 8.00. The van der Waals surface area contributed by atoms with Gasteiger partial charge in [-0.15, -0.1) is 23.1 Å². The van der Waals surface area contributed by atoms with Gasteiger partial charge >= 0.3 is 11.1 Å². The number of fused-ring (bicyclic) bond motifs is 1. The molecule has 2 amide bonds. The fourth-order valence-electron chi connectivity index (χ4n) is 3.48. The molecule has 17 heteroatoms. The highest BCUT2D eigenvalue weighted by atomic mass is 32.2. The molecule has 1 atom stereocenters. The number of thiazole rings is 1. The van der Waals surface area contributed by atoms with Gasteiger partial charge in [0, 0.05) is 16.9 Å². The third-order valence-electron chi connectivity index (χ3n) is 5.13. The molecule has 2 aromatic heterocycles. The van der Waals surface area contributed by atoms with Crippen molar-refractivity contribution < 1.29 is 28.9 Å². The topological polar surface area (TPSA) is 216 Å². The molecule has 2 aromatic rings. The molecule has 14 nitrogen and oxygen atoms in total. The molecule has 0 spiro atoms. The second-order valence-corrected chi connectivity index (χ2v) is 10.5. The van der Waals surface area contributed by atoms with Gasteiger partial charge in [0.15, 0.2) is 10.8 Å². The smallest absolute Gasteiger partial charge is 0.352 e. The quantitative estimate of drug-likeness (QED) is 0.0660. The molecule has 0 radical (unpaired) electrons. The number of hydrogen-bond acceptors (Lipinski definition) is 13. The zero-order valence-corrected chi connectivity index (χ0v) is 21.3. The van der Waals surface area contributed by atoms with Crippen LogP contribution in [0.3, 0.4) is 0 Å². The number of carbonyl (C=O) groups excluding carboxylic acids is 2. The number of hydrogen-bond donors (Lipinski definition) is 5. The maximum absolute atomic E-state index is 12.8. The Kier molecular flexibility index (Phi) is 7.51. The van der Waals surface area contributed by atoms with Crippen molar-refractivity contribution in [1.82, 2.24) is 20.2 Å². The number of nitrogens with two attached hydrogens (primary N) is 3. The number of carboxylic acid groups (broad SMARTS) is 1. The minimum Gasteiger partial charge on any atom is -0.477 e. The Balaban J connectivity index is 1.53. The van der Waals surface area contributed by atoms with Gasteiger partial charge in [0.2, 0.25) is 17.5 Å². The summed E-state index contributed by atoms with van der Waals surface area (Å²) in [6.45, 7) is -0.102. The molecule has 1 saturated heterocycles. The van der Waals surface area contributed by atoms with Crippen LogP contribution >= 0.6 is 34.9 Å². The summed E-state index contributed by atoms with van der Waals surface area (Å²) in [5, 5.41) is 18.2. The maximum Gasteiger partial charge on any atom is 0.352 e. The van der Waals surface area contributed by atoms with Crippen molar-refractivity contribution in [2.75, 3.05) is 35.8 Å². The first kappa shape index (κ1) is 25.5. The molecule has 190 valence electrons. The van der Waals surface area contributed by atoms with Crippen molar-refractivity contribution >= 4 is 75.1 Å². The lowest BCUT2D eigenvalue weighted by atomic mass is 10.1. The van der Waals surface area contributed by atoms with E-state index >= 15 is 0 Å². The van der Waals surface area contributed by atoms with Crippen LogP contribution in [0.2, 0.25) is 0 Å². The van der Waals surface area contributed by atoms with E-state index in [1.54, 1.807) is 5.38 Å². The second-order valence-electron chi connectivity index (χ2n) is 7.45. The minimum absolute atomic E-state index is 0.00202. The van der Waals surface area contributed by atoms with Crippen LogP contribution in [0.15, 0.2) is 33.0 Å². The van der Waals surface area contributed by atoms with Crippen molar-refractivity contribution in [3.05, 3.63) is 28.4 Å². The van der Waals surface area contributed by atoms with Crippen LogP contribution in [0.5, 0.6) is 0 Å². The number of nitrogens with one attached hydrogen (secondary N) is 1. The molecule has 4 heterocycles. The summed E-state index contributed by atoms with van der Waals surface area (Å²) >= 11 is 3.85. The number of nitrogen functional groups attached to an aromatic ring is 3. The van der Waals surface area contributed by atoms with E-state index in [0.717, 1.165) is 11.3 Å². The Morgan fingerprint density at radius 2 is 2.17 bits per heavy atom. The average molecular weight is 553 g/mol. The van der Waals surface area contributed by atoms with Crippen molar-refractivity contribution in [1.29, 1.82) is 0 Å². The van der Waals surface area contributed by atoms with Gasteiger partial charge in [0.05, 0.1) is 17.9 Å². The van der Waals surface area contributed by atoms with Gasteiger partial charge in [-0.2, -0.15) is 0 Å². The lowest BCUT2D eigenvalue weighted by Gasteiger charge is -2.43. The highest BCUT2D eigenvalue weighted by Crippen LogP contribution is 2.41. The molecular formula is C19H22N9O5S3+. The molecule has 0 aromatic carbocycles. The SMILES string of the molecule is CO/N=C(\C(=O)NC[n+]1c(N)cc(N)nc1SCC1=C(C(=O)O)N2C(=O)CC2SC1)c1csc(N)n1. The summed E-state index contributed by atoms with van der Waals surface area (Å²) in [4.78, 5) is 51.1. The fourth-order valence-corrected chi connectivity index (χ4v) is 6.46.